The van der Waals surface area contributed by atoms with Gasteiger partial charge < -0.3 is 5.73 Å². The molecule has 2 aromatic heterocycles. The number of rotatable bonds is 1. The Morgan fingerprint density at radius 3 is 2.56 bits per heavy atom. The van der Waals surface area contributed by atoms with Gasteiger partial charge in [0.05, 0.1) is 12.4 Å². The van der Waals surface area contributed by atoms with Crippen molar-refractivity contribution in [3.63, 3.8) is 0 Å². The molecule has 0 aliphatic carbocycles. The monoisotopic (exact) mass is 229 g/mol. The summed E-state index contributed by atoms with van der Waals surface area (Å²) in [6, 6.07) is 5.96. The summed E-state index contributed by atoms with van der Waals surface area (Å²) in [5.74, 6) is 0. The van der Waals surface area contributed by atoms with E-state index in [4.69, 9.17) is 5.73 Å². The van der Waals surface area contributed by atoms with E-state index in [0.717, 1.165) is 21.3 Å². The van der Waals surface area contributed by atoms with Crippen molar-refractivity contribution in [2.75, 3.05) is 5.73 Å². The number of hydrogen-bond acceptors (Lipinski definition) is 6. The fourth-order valence-corrected chi connectivity index (χ4v) is 2.09. The van der Waals surface area contributed by atoms with Crippen LogP contribution in [0.4, 0.5) is 5.13 Å². The second-order valence-electron chi connectivity index (χ2n) is 3.28. The van der Waals surface area contributed by atoms with E-state index in [0.29, 0.717) is 5.13 Å². The van der Waals surface area contributed by atoms with Crippen LogP contribution in [0.5, 0.6) is 0 Å². The van der Waals surface area contributed by atoms with Gasteiger partial charge in [-0.1, -0.05) is 23.5 Å². The lowest BCUT2D eigenvalue weighted by molar-refractivity contribution is 1.05. The van der Waals surface area contributed by atoms with Gasteiger partial charge in [-0.05, 0) is 6.07 Å². The SMILES string of the molecule is Nc1nnc(-c2ccc3cnncc3c2)s1. The molecule has 2 N–H and O–H groups in total. The third kappa shape index (κ3) is 1.49. The van der Waals surface area contributed by atoms with Crippen molar-refractivity contribution in [1.82, 2.24) is 20.4 Å². The second-order valence-corrected chi connectivity index (χ2v) is 4.29. The van der Waals surface area contributed by atoms with Gasteiger partial charge in [-0.3, -0.25) is 0 Å². The number of nitrogens with zero attached hydrogens (tertiary/aromatic N) is 4. The van der Waals surface area contributed by atoms with E-state index in [-0.39, 0.29) is 0 Å². The summed E-state index contributed by atoms with van der Waals surface area (Å²) in [6.07, 6.45) is 3.46. The number of benzene rings is 1. The van der Waals surface area contributed by atoms with Crippen molar-refractivity contribution < 1.29 is 0 Å². The van der Waals surface area contributed by atoms with Gasteiger partial charge in [0.15, 0.2) is 0 Å². The first-order valence-corrected chi connectivity index (χ1v) is 5.44. The highest BCUT2D eigenvalue weighted by Gasteiger charge is 2.05. The third-order valence-corrected chi connectivity index (χ3v) is 3.04. The molecule has 0 fully saturated rings. The maximum Gasteiger partial charge on any atom is 0.203 e. The standard InChI is InChI=1S/C10H7N5S/c11-10-15-14-9(16-10)6-1-2-7-4-12-13-5-8(7)3-6/h1-5H,(H2,11,15). The first kappa shape index (κ1) is 9.17. The number of hydrogen-bond donors (Lipinski definition) is 1. The Morgan fingerprint density at radius 1 is 1.00 bits per heavy atom. The van der Waals surface area contributed by atoms with Gasteiger partial charge in [0.25, 0.3) is 0 Å². The van der Waals surface area contributed by atoms with E-state index in [9.17, 15) is 0 Å². The topological polar surface area (TPSA) is 77.6 Å². The lowest BCUT2D eigenvalue weighted by Gasteiger charge is -1.98. The average Bonchev–Trinajstić information content (AvgIpc) is 2.75. The van der Waals surface area contributed by atoms with Crippen LogP contribution in [-0.2, 0) is 0 Å². The van der Waals surface area contributed by atoms with Crippen molar-refractivity contribution in [3.05, 3.63) is 30.6 Å². The molecule has 0 unspecified atom stereocenters. The van der Waals surface area contributed by atoms with E-state index in [1.807, 2.05) is 18.2 Å². The van der Waals surface area contributed by atoms with Crippen LogP contribution in [0.1, 0.15) is 0 Å². The summed E-state index contributed by atoms with van der Waals surface area (Å²) in [4.78, 5) is 0. The van der Waals surface area contributed by atoms with Crippen LogP contribution in [0.3, 0.4) is 0 Å². The smallest absolute Gasteiger partial charge is 0.203 e. The van der Waals surface area contributed by atoms with Gasteiger partial charge in [-0.15, -0.1) is 10.2 Å². The van der Waals surface area contributed by atoms with E-state index < -0.39 is 0 Å². The Kier molecular flexibility index (Phi) is 2.00. The number of aromatic nitrogens is 4. The first-order chi connectivity index (χ1) is 7.83. The van der Waals surface area contributed by atoms with Crippen LogP contribution in [0.2, 0.25) is 0 Å². The number of nitrogens with two attached hydrogens (primary N) is 1. The molecule has 1 aromatic carbocycles. The minimum atomic E-state index is 0.475. The number of anilines is 1. The summed E-state index contributed by atoms with van der Waals surface area (Å²) < 4.78 is 0. The Hall–Kier alpha value is -2.08. The van der Waals surface area contributed by atoms with Crippen LogP contribution >= 0.6 is 11.3 Å². The zero-order chi connectivity index (χ0) is 11.0. The molecule has 0 spiro atoms. The summed E-state index contributed by atoms with van der Waals surface area (Å²) >= 11 is 1.37. The molecule has 0 saturated carbocycles. The molecule has 78 valence electrons. The van der Waals surface area contributed by atoms with Gasteiger partial charge >= 0.3 is 0 Å². The largest absolute Gasteiger partial charge is 0.374 e. The molecule has 0 bridgehead atoms. The van der Waals surface area contributed by atoms with Gasteiger partial charge in [0.1, 0.15) is 5.01 Å². The molecule has 6 heteroatoms. The third-order valence-electron chi connectivity index (χ3n) is 2.23. The quantitative estimate of drug-likeness (QED) is 0.687. The van der Waals surface area contributed by atoms with Gasteiger partial charge in [-0.25, -0.2) is 0 Å². The molecule has 0 amide bonds. The Bertz CT molecular complexity index is 648. The fourth-order valence-electron chi connectivity index (χ4n) is 1.48. The molecule has 16 heavy (non-hydrogen) atoms. The highest BCUT2D eigenvalue weighted by atomic mass is 32.1. The molecule has 0 radical (unpaired) electrons. The zero-order valence-corrected chi connectivity index (χ0v) is 8.98. The predicted octanol–water partition coefficient (Wildman–Crippen LogP) is 1.73. The van der Waals surface area contributed by atoms with E-state index >= 15 is 0 Å². The van der Waals surface area contributed by atoms with Gasteiger partial charge in [-0.2, -0.15) is 10.2 Å². The van der Waals surface area contributed by atoms with E-state index in [2.05, 4.69) is 20.4 Å². The van der Waals surface area contributed by atoms with Crippen molar-refractivity contribution in [1.29, 1.82) is 0 Å². The van der Waals surface area contributed by atoms with E-state index in [1.54, 1.807) is 12.4 Å². The van der Waals surface area contributed by atoms with Crippen molar-refractivity contribution in [3.8, 4) is 10.6 Å². The molecular weight excluding hydrogens is 222 g/mol. The van der Waals surface area contributed by atoms with Crippen molar-refractivity contribution in [2.45, 2.75) is 0 Å². The first-order valence-electron chi connectivity index (χ1n) is 4.63. The number of fused-ring (bicyclic) bond motifs is 1. The molecule has 0 saturated heterocycles. The highest BCUT2D eigenvalue weighted by Crippen LogP contribution is 2.26. The highest BCUT2D eigenvalue weighted by molar-refractivity contribution is 7.18. The minimum absolute atomic E-state index is 0.475. The van der Waals surface area contributed by atoms with Gasteiger partial charge in [0, 0.05) is 16.3 Å². The fraction of sp³-hybridized carbons (Fsp3) is 0. The van der Waals surface area contributed by atoms with Gasteiger partial charge in [0.2, 0.25) is 5.13 Å². The van der Waals surface area contributed by atoms with Crippen LogP contribution in [-0.4, -0.2) is 20.4 Å². The van der Waals surface area contributed by atoms with Crippen LogP contribution in [0.25, 0.3) is 21.3 Å². The van der Waals surface area contributed by atoms with Crippen LogP contribution in [0, 0.1) is 0 Å². The molecule has 0 aliphatic heterocycles. The van der Waals surface area contributed by atoms with Crippen LogP contribution in [0.15, 0.2) is 30.6 Å². The summed E-state index contributed by atoms with van der Waals surface area (Å²) in [7, 11) is 0. The summed E-state index contributed by atoms with van der Waals surface area (Å²) in [5, 5.41) is 18.8. The average molecular weight is 229 g/mol. The predicted molar refractivity (Wildman–Crippen MR) is 62.9 cm³/mol. The molecule has 3 rings (SSSR count). The molecule has 3 aromatic rings. The zero-order valence-electron chi connectivity index (χ0n) is 8.16. The molecule has 5 nitrogen and oxygen atoms in total. The molecule has 0 aliphatic rings. The Morgan fingerprint density at radius 2 is 1.81 bits per heavy atom. The summed E-state index contributed by atoms with van der Waals surface area (Å²) in [6.45, 7) is 0. The van der Waals surface area contributed by atoms with Crippen LogP contribution < -0.4 is 5.73 Å². The van der Waals surface area contributed by atoms with Crippen molar-refractivity contribution >= 4 is 27.2 Å². The second kappa shape index (κ2) is 3.49. The maximum absolute atomic E-state index is 5.55. The lowest BCUT2D eigenvalue weighted by Crippen LogP contribution is -1.82. The summed E-state index contributed by atoms with van der Waals surface area (Å²) in [5.41, 5.74) is 6.55. The molecule has 0 atom stereocenters. The lowest BCUT2D eigenvalue weighted by atomic mass is 10.1. The normalized spacial score (nSPS) is 10.8. The van der Waals surface area contributed by atoms with Crippen molar-refractivity contribution in [2.24, 2.45) is 0 Å². The molecular formula is C10H7N5S. The number of nitrogen functional groups attached to an aromatic ring is 1. The Labute approximate surface area is 95.0 Å². The maximum atomic E-state index is 5.55. The minimum Gasteiger partial charge on any atom is -0.374 e. The van der Waals surface area contributed by atoms with E-state index in [1.165, 1.54) is 11.3 Å². The molecule has 2 heterocycles. The Balaban J connectivity index is 2.18.